The molecule has 0 saturated heterocycles. The van der Waals surface area contributed by atoms with Crippen molar-refractivity contribution >= 4 is 29.3 Å². The van der Waals surface area contributed by atoms with Gasteiger partial charge in [-0.05, 0) is 44.4 Å². The molecule has 1 N–H and O–H groups in total. The lowest BCUT2D eigenvalue weighted by Crippen LogP contribution is -2.37. The van der Waals surface area contributed by atoms with Gasteiger partial charge in [0.05, 0.1) is 17.5 Å². The monoisotopic (exact) mass is 383 g/mol. The minimum absolute atomic E-state index is 0.00385. The van der Waals surface area contributed by atoms with Crippen LogP contribution in [-0.2, 0) is 9.59 Å². The highest BCUT2D eigenvalue weighted by Gasteiger charge is 2.27. The SMILES string of the molecule is Cc1cc(C)c2c(n1)SCC(=O)N2CCCC(=O)NC(C)c1ccccc1. The molecule has 1 aliphatic rings. The first-order chi connectivity index (χ1) is 13.0. The van der Waals surface area contributed by atoms with Crippen molar-refractivity contribution in [2.45, 2.75) is 44.7 Å². The standard InChI is InChI=1S/C21H25N3O2S/c1-14-12-15(2)22-21-20(14)24(19(26)13-27-21)11-7-10-18(25)23-16(3)17-8-5-4-6-9-17/h4-6,8-9,12,16H,7,10-11,13H2,1-3H3,(H,23,25). The number of aryl methyl sites for hydroxylation is 2. The maximum Gasteiger partial charge on any atom is 0.237 e. The van der Waals surface area contributed by atoms with Gasteiger partial charge in [0.1, 0.15) is 5.03 Å². The highest BCUT2D eigenvalue weighted by molar-refractivity contribution is 8.00. The Morgan fingerprint density at radius 2 is 2.04 bits per heavy atom. The molecule has 0 fully saturated rings. The number of pyridine rings is 1. The Bertz CT molecular complexity index is 839. The Morgan fingerprint density at radius 1 is 1.30 bits per heavy atom. The van der Waals surface area contributed by atoms with E-state index in [2.05, 4.69) is 10.3 Å². The molecule has 2 heterocycles. The lowest BCUT2D eigenvalue weighted by molar-refractivity contribution is -0.122. The van der Waals surface area contributed by atoms with Crippen molar-refractivity contribution in [2.75, 3.05) is 17.2 Å². The van der Waals surface area contributed by atoms with Crippen molar-refractivity contribution < 1.29 is 9.59 Å². The van der Waals surface area contributed by atoms with Crippen molar-refractivity contribution in [3.63, 3.8) is 0 Å². The van der Waals surface area contributed by atoms with Crippen molar-refractivity contribution in [3.8, 4) is 0 Å². The van der Waals surface area contributed by atoms with Crippen LogP contribution in [0.2, 0.25) is 0 Å². The normalized spacial score (nSPS) is 14.6. The Hall–Kier alpha value is -2.34. The average Bonchev–Trinajstić information content (AvgIpc) is 2.64. The number of anilines is 1. The van der Waals surface area contributed by atoms with Crippen LogP contribution < -0.4 is 10.2 Å². The van der Waals surface area contributed by atoms with Gasteiger partial charge in [-0.25, -0.2) is 4.98 Å². The van der Waals surface area contributed by atoms with E-state index in [0.29, 0.717) is 25.1 Å². The molecule has 0 saturated carbocycles. The molecule has 1 aromatic heterocycles. The Morgan fingerprint density at radius 3 is 2.78 bits per heavy atom. The summed E-state index contributed by atoms with van der Waals surface area (Å²) in [5.74, 6) is 0.489. The first kappa shape index (κ1) is 19.4. The number of aromatic nitrogens is 1. The number of nitrogens with one attached hydrogen (secondary N) is 1. The molecule has 0 spiro atoms. The molecule has 27 heavy (non-hydrogen) atoms. The Balaban J connectivity index is 1.58. The van der Waals surface area contributed by atoms with E-state index in [9.17, 15) is 9.59 Å². The van der Waals surface area contributed by atoms with Crippen LogP contribution in [0, 0.1) is 13.8 Å². The van der Waals surface area contributed by atoms with Gasteiger partial charge in [-0.2, -0.15) is 0 Å². The summed E-state index contributed by atoms with van der Waals surface area (Å²) in [6.45, 7) is 6.48. The third kappa shape index (κ3) is 4.69. The predicted octanol–water partition coefficient (Wildman–Crippen LogP) is 3.79. The molecule has 3 rings (SSSR count). The van der Waals surface area contributed by atoms with E-state index in [1.807, 2.05) is 57.2 Å². The van der Waals surface area contributed by atoms with Crippen LogP contribution >= 0.6 is 11.8 Å². The van der Waals surface area contributed by atoms with Crippen LogP contribution in [0.15, 0.2) is 41.4 Å². The summed E-state index contributed by atoms with van der Waals surface area (Å²) in [7, 11) is 0. The van der Waals surface area contributed by atoms with Crippen LogP contribution in [-0.4, -0.2) is 29.1 Å². The second kappa shape index (κ2) is 8.57. The molecule has 1 aromatic carbocycles. The third-order valence-corrected chi connectivity index (χ3v) is 5.59. The summed E-state index contributed by atoms with van der Waals surface area (Å²) in [4.78, 5) is 31.0. The zero-order valence-electron chi connectivity index (χ0n) is 16.0. The zero-order chi connectivity index (χ0) is 19.4. The first-order valence-electron chi connectivity index (χ1n) is 9.21. The number of benzene rings is 1. The van der Waals surface area contributed by atoms with Crippen molar-refractivity contribution in [1.82, 2.24) is 10.3 Å². The number of carbonyl (C=O) groups excluding carboxylic acids is 2. The van der Waals surface area contributed by atoms with Crippen LogP contribution in [0.4, 0.5) is 5.69 Å². The molecular formula is C21H25N3O2S. The second-order valence-electron chi connectivity index (χ2n) is 6.87. The van der Waals surface area contributed by atoms with Crippen molar-refractivity contribution in [2.24, 2.45) is 0 Å². The molecule has 2 aromatic rings. The maximum absolute atomic E-state index is 12.4. The third-order valence-electron chi connectivity index (χ3n) is 4.65. The van der Waals surface area contributed by atoms with E-state index < -0.39 is 0 Å². The van der Waals surface area contributed by atoms with E-state index in [4.69, 9.17) is 0 Å². The fraction of sp³-hybridized carbons (Fsp3) is 0.381. The molecule has 1 atom stereocenters. The largest absolute Gasteiger partial charge is 0.350 e. The van der Waals surface area contributed by atoms with Gasteiger partial charge < -0.3 is 10.2 Å². The summed E-state index contributed by atoms with van der Waals surface area (Å²) in [5.41, 5.74) is 4.00. The van der Waals surface area contributed by atoms with Gasteiger partial charge >= 0.3 is 0 Å². The van der Waals surface area contributed by atoms with E-state index >= 15 is 0 Å². The lowest BCUT2D eigenvalue weighted by Gasteiger charge is -2.30. The highest BCUT2D eigenvalue weighted by Crippen LogP contribution is 2.36. The molecule has 0 bridgehead atoms. The molecule has 0 aliphatic carbocycles. The number of rotatable bonds is 6. The van der Waals surface area contributed by atoms with Crippen LogP contribution in [0.3, 0.4) is 0 Å². The van der Waals surface area contributed by atoms with Crippen LogP contribution in [0.5, 0.6) is 0 Å². The minimum atomic E-state index is -0.0261. The first-order valence-corrected chi connectivity index (χ1v) is 10.2. The average molecular weight is 384 g/mol. The van der Waals surface area contributed by atoms with Crippen LogP contribution in [0.25, 0.3) is 0 Å². The van der Waals surface area contributed by atoms with Gasteiger partial charge in [0, 0.05) is 18.7 Å². The summed E-state index contributed by atoms with van der Waals surface area (Å²) in [6.07, 6.45) is 1.01. The molecule has 1 aliphatic heterocycles. The van der Waals surface area contributed by atoms with Gasteiger partial charge in [-0.15, -0.1) is 0 Å². The van der Waals surface area contributed by atoms with Crippen molar-refractivity contribution in [1.29, 1.82) is 0 Å². The summed E-state index contributed by atoms with van der Waals surface area (Å²) < 4.78 is 0. The number of carbonyl (C=O) groups is 2. The van der Waals surface area contributed by atoms with E-state index in [0.717, 1.165) is 27.5 Å². The van der Waals surface area contributed by atoms with E-state index in [-0.39, 0.29) is 17.9 Å². The number of fused-ring (bicyclic) bond motifs is 1. The quantitative estimate of drug-likeness (QED) is 0.824. The number of amides is 2. The van der Waals surface area contributed by atoms with Crippen molar-refractivity contribution in [3.05, 3.63) is 53.2 Å². The molecule has 1 unspecified atom stereocenters. The van der Waals surface area contributed by atoms with Crippen LogP contribution in [0.1, 0.15) is 42.6 Å². The molecule has 142 valence electrons. The van der Waals surface area contributed by atoms with E-state index in [1.165, 1.54) is 11.8 Å². The lowest BCUT2D eigenvalue weighted by atomic mass is 10.1. The van der Waals surface area contributed by atoms with Gasteiger partial charge in [0.2, 0.25) is 11.8 Å². The maximum atomic E-state index is 12.4. The predicted molar refractivity (Wildman–Crippen MR) is 109 cm³/mol. The van der Waals surface area contributed by atoms with Gasteiger partial charge in [0.15, 0.2) is 0 Å². The summed E-state index contributed by atoms with van der Waals surface area (Å²) in [6, 6.07) is 11.9. The molecular weight excluding hydrogens is 358 g/mol. The number of nitrogens with zero attached hydrogens (tertiary/aromatic N) is 2. The summed E-state index contributed by atoms with van der Waals surface area (Å²) >= 11 is 1.49. The molecule has 6 heteroatoms. The minimum Gasteiger partial charge on any atom is -0.350 e. The molecule has 0 radical (unpaired) electrons. The molecule has 5 nitrogen and oxygen atoms in total. The smallest absolute Gasteiger partial charge is 0.237 e. The van der Waals surface area contributed by atoms with Gasteiger partial charge in [-0.1, -0.05) is 42.1 Å². The Kier molecular flexibility index (Phi) is 6.16. The summed E-state index contributed by atoms with van der Waals surface area (Å²) in [5, 5.41) is 3.94. The molecule has 2 amide bonds. The number of thioether (sulfide) groups is 1. The van der Waals surface area contributed by atoms with Gasteiger partial charge in [-0.3, -0.25) is 9.59 Å². The second-order valence-corrected chi connectivity index (χ2v) is 7.84. The number of hydrogen-bond donors (Lipinski definition) is 1. The Labute approximate surface area is 164 Å². The van der Waals surface area contributed by atoms with Gasteiger partial charge in [0.25, 0.3) is 0 Å². The number of hydrogen-bond acceptors (Lipinski definition) is 4. The topological polar surface area (TPSA) is 62.3 Å². The fourth-order valence-corrected chi connectivity index (χ4v) is 4.36. The highest BCUT2D eigenvalue weighted by atomic mass is 32.2. The van der Waals surface area contributed by atoms with E-state index in [1.54, 1.807) is 4.90 Å². The fourth-order valence-electron chi connectivity index (χ4n) is 3.33. The zero-order valence-corrected chi connectivity index (χ0v) is 16.8.